The molecule has 0 atom stereocenters. The summed E-state index contributed by atoms with van der Waals surface area (Å²) in [6.07, 6.45) is 45.5. The largest absolute Gasteiger partial charge is 0.311 e. The van der Waals surface area contributed by atoms with Gasteiger partial charge >= 0.3 is 0 Å². The molecule has 264 valence electrons. The van der Waals surface area contributed by atoms with Gasteiger partial charge in [0, 0.05) is 0 Å². The van der Waals surface area contributed by atoms with Crippen LogP contribution in [-0.4, -0.2) is 21.2 Å². The van der Waals surface area contributed by atoms with E-state index in [2.05, 4.69) is 40.0 Å². The van der Waals surface area contributed by atoms with Crippen LogP contribution in [0.4, 0.5) is 4.79 Å². The van der Waals surface area contributed by atoms with Crippen molar-refractivity contribution in [3.05, 3.63) is 0 Å². The van der Waals surface area contributed by atoms with E-state index in [1.54, 1.807) is 0 Å². The fraction of sp³-hybridized carbons (Fsp3) is 0.976. The molecule has 0 spiro atoms. The average Bonchev–Trinajstić information content (AvgIpc) is 3.00. The van der Waals surface area contributed by atoms with Crippen LogP contribution in [0.5, 0.6) is 0 Å². The first-order valence-corrected chi connectivity index (χ1v) is 27.2. The topological polar surface area (TPSA) is 17.1 Å². The molecule has 0 radical (unpaired) electrons. The highest BCUT2D eigenvalue weighted by Crippen LogP contribution is 2.27. The number of rotatable bonds is 36. The third-order valence-corrected chi connectivity index (χ3v) is 20.3. The lowest BCUT2D eigenvalue weighted by atomic mass is 10.0. The summed E-state index contributed by atoms with van der Waals surface area (Å²) < 4.78 is 0. The molecule has 0 fully saturated rings. The molecule has 0 aromatic carbocycles. The predicted octanol–water partition coefficient (Wildman–Crippen LogP) is 16.2. The predicted molar refractivity (Wildman–Crippen MR) is 209 cm³/mol. The van der Waals surface area contributed by atoms with Crippen molar-refractivity contribution >= 4 is 21.2 Å². The molecule has 0 aromatic heterocycles. The summed E-state index contributed by atoms with van der Waals surface area (Å²) >= 11 is 0. The Morgan fingerprint density at radius 2 is 0.455 bits per heavy atom. The van der Waals surface area contributed by atoms with Crippen LogP contribution in [0.1, 0.15) is 219 Å². The van der Waals surface area contributed by atoms with Gasteiger partial charge in [0.15, 0.2) is 0 Å². The molecule has 0 aliphatic rings. The van der Waals surface area contributed by atoms with Crippen LogP contribution >= 0.6 is 0 Å². The molecule has 0 saturated heterocycles. The van der Waals surface area contributed by atoms with Gasteiger partial charge in [-0.25, -0.2) is 0 Å². The van der Waals surface area contributed by atoms with E-state index in [4.69, 9.17) is 0 Å². The Hall–Kier alpha value is 0.104. The number of unbranched alkanes of at least 4 members (excludes halogenated alkanes) is 30. The Balaban J connectivity index is 3.65. The molecule has 0 unspecified atom stereocenters. The fourth-order valence-electron chi connectivity index (χ4n) is 7.37. The van der Waals surface area contributed by atoms with Gasteiger partial charge in [-0.2, -0.15) is 0 Å². The van der Waals surface area contributed by atoms with Crippen LogP contribution in [-0.2, 0) is 0 Å². The van der Waals surface area contributed by atoms with Gasteiger partial charge in [0.05, 0.1) is 5.03 Å². The monoisotopic (exact) mass is 651 g/mol. The number of hydrogen-bond acceptors (Lipinski definition) is 1. The first-order chi connectivity index (χ1) is 21.3. The average molecular weight is 651 g/mol. The molecule has 0 aromatic rings. The van der Waals surface area contributed by atoms with Crippen LogP contribution < -0.4 is 0 Å². The first kappa shape index (κ1) is 44.1. The van der Waals surface area contributed by atoms with Crippen molar-refractivity contribution in [1.82, 2.24) is 0 Å². The quantitative estimate of drug-likeness (QED) is 0.0487. The van der Waals surface area contributed by atoms with E-state index in [1.165, 1.54) is 218 Å². The van der Waals surface area contributed by atoms with Gasteiger partial charge in [-0.3, -0.25) is 0 Å². The van der Waals surface area contributed by atoms with Gasteiger partial charge in [0.2, 0.25) is 0 Å². The van der Waals surface area contributed by atoms with E-state index in [9.17, 15) is 4.79 Å². The van der Waals surface area contributed by atoms with E-state index < -0.39 is 16.1 Å². The molecule has 0 bridgehead atoms. The van der Waals surface area contributed by atoms with Crippen molar-refractivity contribution in [3.63, 3.8) is 0 Å². The smallest absolute Gasteiger partial charge is 0.120 e. The lowest BCUT2D eigenvalue weighted by Crippen LogP contribution is -2.52. The van der Waals surface area contributed by atoms with E-state index in [0.29, 0.717) is 0 Å². The Bertz CT molecular complexity index is 549. The molecule has 0 amide bonds. The molecular formula is C41H86OSi2. The van der Waals surface area contributed by atoms with Crippen LogP contribution in [0.2, 0.25) is 38.3 Å². The second-order valence-corrected chi connectivity index (χ2v) is 26.1. The molecule has 0 aliphatic carbocycles. The minimum atomic E-state index is -1.74. The highest BCUT2D eigenvalue weighted by Gasteiger charge is 2.40. The molecule has 3 heteroatoms. The van der Waals surface area contributed by atoms with Gasteiger partial charge in [-0.15, -0.1) is 0 Å². The maximum atomic E-state index is 13.6. The van der Waals surface area contributed by atoms with Crippen LogP contribution in [0, 0.1) is 0 Å². The minimum absolute atomic E-state index is 0.784. The Kier molecular flexibility index (Phi) is 31.8. The SMILES string of the molecule is CCCCCCCCCCCCCCCCCC[Si](C)(C)C(=O)[Si](C)(C)CCCCCCCCCCCCCCCCCC. The first-order valence-electron chi connectivity index (χ1n) is 20.8. The van der Waals surface area contributed by atoms with Crippen molar-refractivity contribution in [2.24, 2.45) is 0 Å². The zero-order chi connectivity index (χ0) is 32.6. The molecular weight excluding hydrogens is 565 g/mol. The second kappa shape index (κ2) is 31.7. The van der Waals surface area contributed by atoms with Gasteiger partial charge in [-0.1, -0.05) is 258 Å². The highest BCUT2D eigenvalue weighted by molar-refractivity contribution is 7.31. The third kappa shape index (κ3) is 28.3. The van der Waals surface area contributed by atoms with Gasteiger partial charge in [0.1, 0.15) is 16.1 Å². The third-order valence-electron chi connectivity index (χ3n) is 10.5. The van der Waals surface area contributed by atoms with E-state index in [0.717, 1.165) is 5.03 Å². The van der Waals surface area contributed by atoms with Crippen molar-refractivity contribution in [3.8, 4) is 0 Å². The molecule has 44 heavy (non-hydrogen) atoms. The second-order valence-electron chi connectivity index (χ2n) is 16.2. The van der Waals surface area contributed by atoms with E-state index in [-0.39, 0.29) is 0 Å². The van der Waals surface area contributed by atoms with Crippen LogP contribution in [0.3, 0.4) is 0 Å². The Labute approximate surface area is 282 Å². The number of hydrogen-bond donors (Lipinski definition) is 0. The van der Waals surface area contributed by atoms with E-state index >= 15 is 0 Å². The van der Waals surface area contributed by atoms with Crippen LogP contribution in [0.25, 0.3) is 0 Å². The summed E-state index contributed by atoms with van der Waals surface area (Å²) in [6, 6.07) is 2.47. The minimum Gasteiger partial charge on any atom is -0.311 e. The summed E-state index contributed by atoms with van der Waals surface area (Å²) in [5.74, 6) is 0. The van der Waals surface area contributed by atoms with Gasteiger partial charge < -0.3 is 4.79 Å². The summed E-state index contributed by atoms with van der Waals surface area (Å²) in [7, 11) is -3.47. The Morgan fingerprint density at radius 1 is 0.295 bits per heavy atom. The normalized spacial score (nSPS) is 12.3. The zero-order valence-corrected chi connectivity index (χ0v) is 33.9. The standard InChI is InChI=1S/C41H86OSi2/c1-7-9-11-13-15-17-19-21-23-25-27-29-31-33-35-37-39-43(3,4)41(42)44(5,6)40-38-36-34-32-30-28-26-24-22-20-18-16-14-12-10-8-2/h7-40H2,1-6H3. The Morgan fingerprint density at radius 3 is 0.636 bits per heavy atom. The molecule has 0 heterocycles. The molecule has 0 N–H and O–H groups in total. The lowest BCUT2D eigenvalue weighted by molar-refractivity contribution is 0.271. The summed E-state index contributed by atoms with van der Waals surface area (Å²) in [4.78, 5) is 13.6. The highest BCUT2D eigenvalue weighted by atomic mass is 28.4. The zero-order valence-electron chi connectivity index (χ0n) is 31.9. The van der Waals surface area contributed by atoms with E-state index in [1.807, 2.05) is 0 Å². The fourth-order valence-corrected chi connectivity index (χ4v) is 18.2. The van der Waals surface area contributed by atoms with Crippen molar-refractivity contribution in [2.75, 3.05) is 0 Å². The molecule has 0 saturated carbocycles. The summed E-state index contributed by atoms with van der Waals surface area (Å²) in [6.45, 7) is 14.2. The summed E-state index contributed by atoms with van der Waals surface area (Å²) in [5, 5.41) is 0.784. The number of carbonyl (C=O) groups excluding carboxylic acids is 1. The van der Waals surface area contributed by atoms with Gasteiger partial charge in [-0.05, 0) is 0 Å². The maximum absolute atomic E-state index is 13.6. The maximum Gasteiger partial charge on any atom is 0.120 e. The van der Waals surface area contributed by atoms with Crippen molar-refractivity contribution in [1.29, 1.82) is 0 Å². The summed E-state index contributed by atoms with van der Waals surface area (Å²) in [5.41, 5.74) is 0. The molecule has 0 rings (SSSR count). The number of carbonyl (C=O) groups is 1. The van der Waals surface area contributed by atoms with Crippen molar-refractivity contribution < 1.29 is 4.79 Å². The van der Waals surface area contributed by atoms with Crippen LogP contribution in [0.15, 0.2) is 0 Å². The van der Waals surface area contributed by atoms with Crippen molar-refractivity contribution in [2.45, 2.75) is 258 Å². The molecule has 1 nitrogen and oxygen atoms in total. The molecule has 0 aliphatic heterocycles. The van der Waals surface area contributed by atoms with Gasteiger partial charge in [0.25, 0.3) is 0 Å². The lowest BCUT2D eigenvalue weighted by Gasteiger charge is -2.31.